The van der Waals surface area contributed by atoms with Gasteiger partial charge < -0.3 is 10.1 Å². The molecule has 2 saturated heterocycles. The van der Waals surface area contributed by atoms with Crippen molar-refractivity contribution in [3.05, 3.63) is 50.4 Å². The number of nitrogens with zero attached hydrogens (tertiary/aromatic N) is 2. The van der Waals surface area contributed by atoms with E-state index < -0.39 is 0 Å². The summed E-state index contributed by atoms with van der Waals surface area (Å²) in [5.74, 6) is 0.193. The summed E-state index contributed by atoms with van der Waals surface area (Å²) in [4.78, 5) is 38.3. The summed E-state index contributed by atoms with van der Waals surface area (Å²) in [7, 11) is 0. The van der Waals surface area contributed by atoms with Crippen LogP contribution in [-0.4, -0.2) is 45.7 Å². The number of aromatic nitrogens is 2. The molecule has 2 amide bonds. The number of fused-ring (bicyclic) bond motifs is 1. The smallest absolute Gasteiger partial charge is 0.267 e. The van der Waals surface area contributed by atoms with Crippen LogP contribution in [0, 0.1) is 18.8 Å². The van der Waals surface area contributed by atoms with Crippen LogP contribution in [0.2, 0.25) is 5.02 Å². The lowest BCUT2D eigenvalue weighted by atomic mass is 10.1. The Morgan fingerprint density at radius 1 is 1.06 bits per heavy atom. The van der Waals surface area contributed by atoms with Crippen LogP contribution < -0.4 is 15.6 Å². The quantitative estimate of drug-likeness (QED) is 0.662. The first-order chi connectivity index (χ1) is 14.9. The Labute approximate surface area is 184 Å². The topological polar surface area (TPSA) is 96.4 Å². The van der Waals surface area contributed by atoms with E-state index in [1.165, 1.54) is 15.6 Å². The summed E-state index contributed by atoms with van der Waals surface area (Å²) in [6.45, 7) is 4.14. The number of rotatable bonds is 6. The maximum atomic E-state index is 12.6. The number of carbonyl (C=O) groups is 2. The molecule has 3 heterocycles. The third kappa shape index (κ3) is 3.90. The van der Waals surface area contributed by atoms with E-state index in [1.54, 1.807) is 0 Å². The number of amides is 2. The molecule has 164 valence electrons. The third-order valence-corrected chi connectivity index (χ3v) is 6.56. The summed E-state index contributed by atoms with van der Waals surface area (Å²) in [6, 6.07) is 5.12. The molecule has 2 atom stereocenters. The molecule has 0 radical (unpaired) electrons. The van der Waals surface area contributed by atoms with Crippen molar-refractivity contribution in [2.24, 2.45) is 11.8 Å². The van der Waals surface area contributed by atoms with E-state index in [-0.39, 0.29) is 48.4 Å². The molecule has 2 aliphatic heterocycles. The van der Waals surface area contributed by atoms with Gasteiger partial charge in [-0.25, -0.2) is 4.68 Å². The Balaban J connectivity index is 1.36. The number of carbonyl (C=O) groups excluding carboxylic acids is 2. The highest BCUT2D eigenvalue weighted by atomic mass is 35.5. The highest BCUT2D eigenvalue weighted by Gasteiger charge is 2.58. The van der Waals surface area contributed by atoms with E-state index in [0.717, 1.165) is 42.8 Å². The second-order valence-corrected chi connectivity index (χ2v) is 9.13. The van der Waals surface area contributed by atoms with Gasteiger partial charge in [0.05, 0.1) is 30.6 Å². The molecule has 2 aromatic rings. The monoisotopic (exact) mass is 444 g/mol. The average molecular weight is 445 g/mol. The predicted molar refractivity (Wildman–Crippen MR) is 114 cm³/mol. The predicted octanol–water partition coefficient (Wildman–Crippen LogP) is 1.82. The van der Waals surface area contributed by atoms with Crippen LogP contribution in [0.25, 0.3) is 0 Å². The minimum absolute atomic E-state index is 0.0971. The molecular weight excluding hydrogens is 420 g/mol. The molecule has 1 aromatic carbocycles. The van der Waals surface area contributed by atoms with Gasteiger partial charge in [-0.2, -0.15) is 0 Å². The number of aromatic amines is 1. The molecule has 8 nitrogen and oxygen atoms in total. The fourth-order valence-corrected chi connectivity index (χ4v) is 4.89. The van der Waals surface area contributed by atoms with Crippen LogP contribution in [0.5, 0.6) is 5.75 Å². The highest BCUT2D eigenvalue weighted by molar-refractivity contribution is 6.30. The molecule has 3 aliphatic rings. The lowest BCUT2D eigenvalue weighted by Crippen LogP contribution is -2.34. The Kier molecular flexibility index (Phi) is 5.14. The summed E-state index contributed by atoms with van der Waals surface area (Å²) < 4.78 is 7.78. The van der Waals surface area contributed by atoms with Crippen LogP contribution in [0.15, 0.2) is 23.0 Å². The van der Waals surface area contributed by atoms with Gasteiger partial charge in [-0.05, 0) is 57.0 Å². The number of halogens is 1. The number of benzene rings is 1. The molecule has 3 fully saturated rings. The minimum atomic E-state index is -0.232. The fraction of sp³-hybridized carbons (Fsp3) is 0.500. The Morgan fingerprint density at radius 3 is 2.48 bits per heavy atom. The number of H-pyrrole nitrogens is 1. The molecule has 1 aliphatic carbocycles. The van der Waals surface area contributed by atoms with E-state index >= 15 is 0 Å². The molecular formula is C22H25ClN4O4. The van der Waals surface area contributed by atoms with E-state index in [2.05, 4.69) is 10.4 Å². The molecule has 0 spiro atoms. The number of hydrogen-bond donors (Lipinski definition) is 2. The van der Waals surface area contributed by atoms with Crippen LogP contribution in [0.3, 0.4) is 0 Å². The normalized spacial score (nSPS) is 23.4. The number of piperidine rings is 2. The number of hydrogen-bond acceptors (Lipinski definition) is 5. The standard InChI is InChI=1S/C22H25ClN4O4/c1-12-6-14(23)7-13(20(12)31-16-2-4-24-5-3-16)10-27-19(28)8-15(25-27)11-26-21(29)17-9-18(17)22(26)30/h6-8,16-18,24-25H,2-5,9-11H2,1H3. The maximum Gasteiger partial charge on any atom is 0.267 e. The molecule has 31 heavy (non-hydrogen) atoms. The molecule has 2 N–H and O–H groups in total. The largest absolute Gasteiger partial charge is 0.490 e. The zero-order valence-electron chi connectivity index (χ0n) is 17.3. The zero-order valence-corrected chi connectivity index (χ0v) is 18.1. The summed E-state index contributed by atoms with van der Waals surface area (Å²) in [5, 5.41) is 6.95. The van der Waals surface area contributed by atoms with E-state index in [4.69, 9.17) is 16.3 Å². The van der Waals surface area contributed by atoms with Gasteiger partial charge in [-0.1, -0.05) is 11.6 Å². The summed E-state index contributed by atoms with van der Waals surface area (Å²) >= 11 is 6.29. The van der Waals surface area contributed by atoms with Crippen molar-refractivity contribution in [1.29, 1.82) is 0 Å². The second kappa shape index (κ2) is 7.84. The van der Waals surface area contributed by atoms with Gasteiger partial charge in [0.1, 0.15) is 11.9 Å². The number of aryl methyl sites for hydroxylation is 1. The van der Waals surface area contributed by atoms with Gasteiger partial charge in [0.2, 0.25) is 11.8 Å². The van der Waals surface area contributed by atoms with Crippen molar-refractivity contribution in [2.45, 2.75) is 45.4 Å². The Bertz CT molecular complexity index is 1080. The van der Waals surface area contributed by atoms with Crippen LogP contribution in [0.1, 0.15) is 36.1 Å². The number of imide groups is 1. The summed E-state index contributed by atoms with van der Waals surface area (Å²) in [6.07, 6.45) is 2.64. The van der Waals surface area contributed by atoms with Gasteiger partial charge >= 0.3 is 0 Å². The lowest BCUT2D eigenvalue weighted by molar-refractivity contribution is -0.142. The Hall–Kier alpha value is -2.58. The van der Waals surface area contributed by atoms with Crippen molar-refractivity contribution in [2.75, 3.05) is 13.1 Å². The first-order valence-electron chi connectivity index (χ1n) is 10.7. The number of likely N-dealkylation sites (tertiary alicyclic amines) is 1. The summed E-state index contributed by atoms with van der Waals surface area (Å²) in [5.41, 5.74) is 2.04. The minimum Gasteiger partial charge on any atom is -0.490 e. The van der Waals surface area contributed by atoms with Crippen LogP contribution in [0.4, 0.5) is 0 Å². The number of ether oxygens (including phenoxy) is 1. The van der Waals surface area contributed by atoms with Crippen molar-refractivity contribution in [3.8, 4) is 5.75 Å². The van der Waals surface area contributed by atoms with Gasteiger partial charge in [-0.15, -0.1) is 0 Å². The van der Waals surface area contributed by atoms with Gasteiger partial charge in [0.15, 0.2) is 0 Å². The first kappa shape index (κ1) is 20.3. The van der Waals surface area contributed by atoms with Crippen molar-refractivity contribution in [3.63, 3.8) is 0 Å². The van der Waals surface area contributed by atoms with Gasteiger partial charge in [0.25, 0.3) is 5.56 Å². The van der Waals surface area contributed by atoms with Crippen molar-refractivity contribution < 1.29 is 14.3 Å². The molecule has 9 heteroatoms. The molecule has 1 saturated carbocycles. The average Bonchev–Trinajstić information content (AvgIpc) is 3.41. The second-order valence-electron chi connectivity index (χ2n) is 8.70. The molecule has 1 aromatic heterocycles. The van der Waals surface area contributed by atoms with Crippen molar-refractivity contribution in [1.82, 2.24) is 20.0 Å². The Morgan fingerprint density at radius 2 is 1.77 bits per heavy atom. The van der Waals surface area contributed by atoms with E-state index in [1.807, 2.05) is 19.1 Å². The lowest BCUT2D eigenvalue weighted by Gasteiger charge is -2.26. The fourth-order valence-electron chi connectivity index (χ4n) is 4.60. The molecule has 0 bridgehead atoms. The maximum absolute atomic E-state index is 12.6. The highest BCUT2D eigenvalue weighted by Crippen LogP contribution is 2.47. The first-order valence-corrected chi connectivity index (χ1v) is 11.1. The van der Waals surface area contributed by atoms with Crippen LogP contribution >= 0.6 is 11.6 Å². The SMILES string of the molecule is Cc1cc(Cl)cc(Cn2[nH]c(CN3C(=O)C4CC4C3=O)cc2=O)c1OC1CCNCC1. The molecule has 5 rings (SSSR count). The zero-order chi connectivity index (χ0) is 21.7. The number of nitrogens with one attached hydrogen (secondary N) is 2. The van der Waals surface area contributed by atoms with Gasteiger partial charge in [-0.3, -0.25) is 24.4 Å². The van der Waals surface area contributed by atoms with Gasteiger partial charge in [0, 0.05) is 16.7 Å². The molecule has 2 unspecified atom stereocenters. The third-order valence-electron chi connectivity index (χ3n) is 6.34. The van der Waals surface area contributed by atoms with E-state index in [9.17, 15) is 14.4 Å². The van der Waals surface area contributed by atoms with E-state index in [0.29, 0.717) is 17.1 Å². The van der Waals surface area contributed by atoms with Crippen molar-refractivity contribution >= 4 is 23.4 Å². The van der Waals surface area contributed by atoms with Crippen LogP contribution in [-0.2, 0) is 22.7 Å².